The standard InChI is InChI=1S/C20H33N3O2/c21-20(25)15-5-8-22(9-6-15)19(24)13-23-7-1-2-18(23)12-17-11-14-3-4-16(17)10-14/h14-18H,1-13H2,(H2,21,25)/t14-,16-,17+,18+/m0/s1. The van der Waals surface area contributed by atoms with Crippen LogP contribution in [0.25, 0.3) is 0 Å². The van der Waals surface area contributed by atoms with E-state index in [9.17, 15) is 9.59 Å². The normalized spacial score (nSPS) is 36.2. The molecule has 2 bridgehead atoms. The molecule has 0 radical (unpaired) electrons. The lowest BCUT2D eigenvalue weighted by Crippen LogP contribution is -2.47. The van der Waals surface area contributed by atoms with Crippen molar-refractivity contribution in [1.29, 1.82) is 0 Å². The molecule has 2 aliphatic heterocycles. The van der Waals surface area contributed by atoms with Gasteiger partial charge in [-0.25, -0.2) is 0 Å². The predicted molar refractivity (Wildman–Crippen MR) is 96.6 cm³/mol. The molecule has 140 valence electrons. The maximum atomic E-state index is 12.7. The largest absolute Gasteiger partial charge is 0.369 e. The molecule has 2 N–H and O–H groups in total. The molecule has 5 nitrogen and oxygen atoms in total. The van der Waals surface area contributed by atoms with Crippen LogP contribution in [-0.2, 0) is 9.59 Å². The van der Waals surface area contributed by atoms with Gasteiger partial charge < -0.3 is 10.6 Å². The Kier molecular flexibility index (Phi) is 5.03. The van der Waals surface area contributed by atoms with Crippen molar-refractivity contribution in [3.05, 3.63) is 0 Å². The average molecular weight is 348 g/mol. The summed E-state index contributed by atoms with van der Waals surface area (Å²) in [6, 6.07) is 0.622. The van der Waals surface area contributed by atoms with Crippen LogP contribution in [0.1, 0.15) is 57.8 Å². The Labute approximate surface area is 151 Å². The van der Waals surface area contributed by atoms with E-state index in [-0.39, 0.29) is 17.7 Å². The van der Waals surface area contributed by atoms with Crippen molar-refractivity contribution >= 4 is 11.8 Å². The number of hydrogen-bond acceptors (Lipinski definition) is 3. The van der Waals surface area contributed by atoms with E-state index in [1.165, 1.54) is 44.9 Å². The van der Waals surface area contributed by atoms with Gasteiger partial charge >= 0.3 is 0 Å². The number of primary amides is 1. The van der Waals surface area contributed by atoms with Gasteiger partial charge in [-0.1, -0.05) is 6.42 Å². The molecule has 4 fully saturated rings. The summed E-state index contributed by atoms with van der Waals surface area (Å²) in [5, 5.41) is 0. The van der Waals surface area contributed by atoms with E-state index < -0.39 is 0 Å². The molecule has 4 atom stereocenters. The maximum Gasteiger partial charge on any atom is 0.236 e. The number of fused-ring (bicyclic) bond motifs is 2. The number of nitrogens with two attached hydrogens (primary N) is 1. The van der Waals surface area contributed by atoms with Gasteiger partial charge in [-0.2, -0.15) is 0 Å². The summed E-state index contributed by atoms with van der Waals surface area (Å²) in [6.45, 7) is 3.04. The zero-order valence-electron chi connectivity index (χ0n) is 15.4. The number of likely N-dealkylation sites (tertiary alicyclic amines) is 2. The molecule has 0 spiro atoms. The van der Waals surface area contributed by atoms with Crippen molar-refractivity contribution in [1.82, 2.24) is 9.80 Å². The minimum Gasteiger partial charge on any atom is -0.369 e. The summed E-state index contributed by atoms with van der Waals surface area (Å²) in [4.78, 5) is 28.4. The highest BCUT2D eigenvalue weighted by Gasteiger charge is 2.41. The molecule has 5 heteroatoms. The summed E-state index contributed by atoms with van der Waals surface area (Å²) in [7, 11) is 0. The van der Waals surface area contributed by atoms with Crippen molar-refractivity contribution in [2.75, 3.05) is 26.2 Å². The Morgan fingerprint density at radius 2 is 1.76 bits per heavy atom. The van der Waals surface area contributed by atoms with Gasteiger partial charge in [-0.3, -0.25) is 14.5 Å². The Bertz CT molecular complexity index is 515. The summed E-state index contributed by atoms with van der Waals surface area (Å²) in [5.74, 6) is 2.92. The number of nitrogens with zero attached hydrogens (tertiary/aromatic N) is 2. The fraction of sp³-hybridized carbons (Fsp3) is 0.900. The van der Waals surface area contributed by atoms with Crippen LogP contribution in [0.15, 0.2) is 0 Å². The molecule has 2 saturated heterocycles. The second-order valence-electron chi connectivity index (χ2n) is 8.99. The average Bonchev–Trinajstić information content (AvgIpc) is 3.33. The van der Waals surface area contributed by atoms with E-state index in [4.69, 9.17) is 5.73 Å². The van der Waals surface area contributed by atoms with Crippen LogP contribution in [0, 0.1) is 23.7 Å². The Hall–Kier alpha value is -1.10. The molecule has 0 unspecified atom stereocenters. The first-order valence-electron chi connectivity index (χ1n) is 10.4. The van der Waals surface area contributed by atoms with Crippen LogP contribution in [-0.4, -0.2) is 53.8 Å². The molecule has 4 aliphatic rings. The monoisotopic (exact) mass is 347 g/mol. The molecular weight excluding hydrogens is 314 g/mol. The highest BCUT2D eigenvalue weighted by molar-refractivity contribution is 5.80. The third-order valence-corrected chi connectivity index (χ3v) is 7.55. The smallest absolute Gasteiger partial charge is 0.236 e. The minimum absolute atomic E-state index is 0.0404. The zero-order valence-corrected chi connectivity index (χ0v) is 15.4. The molecule has 2 aliphatic carbocycles. The number of carbonyl (C=O) groups is 2. The van der Waals surface area contributed by atoms with Gasteiger partial charge in [0, 0.05) is 25.0 Å². The van der Waals surface area contributed by atoms with Gasteiger partial charge in [0.15, 0.2) is 0 Å². The first-order valence-corrected chi connectivity index (χ1v) is 10.4. The summed E-state index contributed by atoms with van der Waals surface area (Å²) >= 11 is 0. The van der Waals surface area contributed by atoms with E-state index in [0.717, 1.165) is 37.1 Å². The molecule has 25 heavy (non-hydrogen) atoms. The second kappa shape index (κ2) is 7.26. The molecule has 2 saturated carbocycles. The Balaban J connectivity index is 1.26. The lowest BCUT2D eigenvalue weighted by molar-refractivity contribution is -0.136. The third-order valence-electron chi connectivity index (χ3n) is 7.55. The number of carbonyl (C=O) groups excluding carboxylic acids is 2. The lowest BCUT2D eigenvalue weighted by Gasteiger charge is -2.34. The SMILES string of the molecule is NC(=O)C1CCN(C(=O)CN2CCC[C@@H]2C[C@H]2C[C@H]3CC[C@H]2C3)CC1. The Morgan fingerprint density at radius 1 is 0.960 bits per heavy atom. The van der Waals surface area contributed by atoms with Gasteiger partial charge in [0.05, 0.1) is 6.54 Å². The lowest BCUT2D eigenvalue weighted by atomic mass is 9.84. The van der Waals surface area contributed by atoms with Gasteiger partial charge in [0.2, 0.25) is 11.8 Å². The molecule has 4 rings (SSSR count). The zero-order chi connectivity index (χ0) is 17.4. The molecule has 0 aromatic carbocycles. The van der Waals surface area contributed by atoms with Crippen molar-refractivity contribution in [2.45, 2.75) is 63.8 Å². The molecule has 2 amide bonds. The third kappa shape index (κ3) is 3.71. The maximum absolute atomic E-state index is 12.7. The number of rotatable bonds is 5. The van der Waals surface area contributed by atoms with Crippen molar-refractivity contribution < 1.29 is 9.59 Å². The van der Waals surface area contributed by atoms with Gasteiger partial charge in [-0.05, 0) is 75.7 Å². The highest BCUT2D eigenvalue weighted by Crippen LogP contribution is 2.50. The molecule has 2 heterocycles. The van der Waals surface area contributed by atoms with E-state index in [0.29, 0.717) is 25.7 Å². The minimum atomic E-state index is -0.211. The molecular formula is C20H33N3O2. The first-order chi connectivity index (χ1) is 12.1. The number of hydrogen-bond donors (Lipinski definition) is 1. The molecule has 0 aromatic rings. The summed E-state index contributed by atoms with van der Waals surface area (Å²) in [6.07, 6.45) is 11.1. The fourth-order valence-corrected chi connectivity index (χ4v) is 6.07. The van der Waals surface area contributed by atoms with Gasteiger partial charge in [0.1, 0.15) is 0 Å². The number of amides is 2. The number of piperidine rings is 1. The van der Waals surface area contributed by atoms with E-state index >= 15 is 0 Å². The quantitative estimate of drug-likeness (QED) is 0.827. The van der Waals surface area contributed by atoms with Crippen LogP contribution in [0.2, 0.25) is 0 Å². The van der Waals surface area contributed by atoms with Crippen molar-refractivity contribution in [3.63, 3.8) is 0 Å². The van der Waals surface area contributed by atoms with Crippen LogP contribution in [0.3, 0.4) is 0 Å². The first kappa shape index (κ1) is 17.3. The van der Waals surface area contributed by atoms with E-state index in [1.54, 1.807) is 0 Å². The van der Waals surface area contributed by atoms with E-state index in [1.807, 2.05) is 4.90 Å². The van der Waals surface area contributed by atoms with Gasteiger partial charge in [-0.15, -0.1) is 0 Å². The van der Waals surface area contributed by atoms with Crippen LogP contribution < -0.4 is 5.73 Å². The second-order valence-corrected chi connectivity index (χ2v) is 8.99. The molecule has 0 aromatic heterocycles. The van der Waals surface area contributed by atoms with Crippen LogP contribution in [0.5, 0.6) is 0 Å². The van der Waals surface area contributed by atoms with E-state index in [2.05, 4.69) is 4.90 Å². The van der Waals surface area contributed by atoms with Crippen molar-refractivity contribution in [2.24, 2.45) is 29.4 Å². The fourth-order valence-electron chi connectivity index (χ4n) is 6.07. The predicted octanol–water partition coefficient (Wildman–Crippen LogP) is 2.00. The van der Waals surface area contributed by atoms with Crippen LogP contribution in [0.4, 0.5) is 0 Å². The van der Waals surface area contributed by atoms with Crippen molar-refractivity contribution in [3.8, 4) is 0 Å². The van der Waals surface area contributed by atoms with Crippen LogP contribution >= 0.6 is 0 Å². The highest BCUT2D eigenvalue weighted by atomic mass is 16.2. The van der Waals surface area contributed by atoms with Gasteiger partial charge in [0.25, 0.3) is 0 Å². The Morgan fingerprint density at radius 3 is 2.40 bits per heavy atom. The summed E-state index contributed by atoms with van der Waals surface area (Å²) < 4.78 is 0. The summed E-state index contributed by atoms with van der Waals surface area (Å²) in [5.41, 5.74) is 5.39. The topological polar surface area (TPSA) is 66.6 Å².